The molecule has 1 aliphatic heterocycles. The van der Waals surface area contributed by atoms with Gasteiger partial charge in [0.05, 0.1) is 16.8 Å². The smallest absolute Gasteiger partial charge is 0.258 e. The summed E-state index contributed by atoms with van der Waals surface area (Å²) in [5, 5.41) is 0.130. The Bertz CT molecular complexity index is 1000. The number of nitrogens with zero attached hydrogens (tertiary/aromatic N) is 4. The summed E-state index contributed by atoms with van der Waals surface area (Å²) in [6.07, 6.45) is 3.27. The van der Waals surface area contributed by atoms with Gasteiger partial charge >= 0.3 is 0 Å². The Balaban J connectivity index is 1.48. The highest BCUT2D eigenvalue weighted by molar-refractivity contribution is 6.33. The largest absolute Gasteiger partial charge is 0.463 e. The van der Waals surface area contributed by atoms with Gasteiger partial charge in [-0.25, -0.2) is 14.4 Å². The van der Waals surface area contributed by atoms with E-state index in [-0.39, 0.29) is 10.6 Å². The number of carbonyl (C=O) groups excluding carboxylic acids is 1. The minimum absolute atomic E-state index is 0.0637. The van der Waals surface area contributed by atoms with E-state index in [2.05, 4.69) is 9.97 Å². The van der Waals surface area contributed by atoms with Crippen molar-refractivity contribution in [3.8, 4) is 11.5 Å². The second-order valence-electron chi connectivity index (χ2n) is 6.55. The Hall–Kier alpha value is -2.93. The van der Waals surface area contributed by atoms with Crippen molar-refractivity contribution in [1.29, 1.82) is 0 Å². The number of piperazine rings is 1. The molecule has 1 amide bonds. The zero-order chi connectivity index (χ0) is 19.7. The van der Waals surface area contributed by atoms with Crippen LogP contribution in [0, 0.1) is 12.7 Å². The van der Waals surface area contributed by atoms with Crippen LogP contribution in [0.15, 0.2) is 47.2 Å². The highest BCUT2D eigenvalue weighted by Crippen LogP contribution is 2.25. The van der Waals surface area contributed by atoms with E-state index >= 15 is 0 Å². The van der Waals surface area contributed by atoms with E-state index in [1.807, 2.05) is 11.0 Å². The Kier molecular flexibility index (Phi) is 5.00. The molecule has 28 heavy (non-hydrogen) atoms. The molecule has 6 nitrogen and oxygen atoms in total. The number of halogens is 2. The molecule has 1 aromatic carbocycles. The van der Waals surface area contributed by atoms with Gasteiger partial charge in [-0.3, -0.25) is 4.79 Å². The summed E-state index contributed by atoms with van der Waals surface area (Å²) >= 11 is 6.08. The number of anilines is 1. The first-order chi connectivity index (χ1) is 13.5. The first kappa shape index (κ1) is 18.4. The molecule has 3 aromatic rings. The van der Waals surface area contributed by atoms with Crippen LogP contribution < -0.4 is 4.90 Å². The number of aromatic nitrogens is 2. The number of amides is 1. The van der Waals surface area contributed by atoms with Crippen molar-refractivity contribution in [1.82, 2.24) is 14.9 Å². The molecule has 1 saturated heterocycles. The van der Waals surface area contributed by atoms with Gasteiger partial charge in [0.2, 0.25) is 5.95 Å². The highest BCUT2D eigenvalue weighted by atomic mass is 35.5. The summed E-state index contributed by atoms with van der Waals surface area (Å²) in [7, 11) is 0. The third-order valence-corrected chi connectivity index (χ3v) is 5.08. The Morgan fingerprint density at radius 3 is 2.68 bits per heavy atom. The summed E-state index contributed by atoms with van der Waals surface area (Å²) in [5.41, 5.74) is 1.03. The van der Waals surface area contributed by atoms with Crippen LogP contribution in [0.25, 0.3) is 11.5 Å². The lowest BCUT2D eigenvalue weighted by Crippen LogP contribution is -2.49. The molecule has 144 valence electrons. The molecule has 0 bridgehead atoms. The minimum Gasteiger partial charge on any atom is -0.463 e. The van der Waals surface area contributed by atoms with Gasteiger partial charge in [0.25, 0.3) is 5.91 Å². The fraction of sp³-hybridized carbons (Fsp3) is 0.250. The number of rotatable bonds is 3. The van der Waals surface area contributed by atoms with E-state index in [0.29, 0.717) is 49.1 Å². The molecular formula is C20H18ClFN4O2. The molecule has 0 saturated carbocycles. The molecule has 0 spiro atoms. The van der Waals surface area contributed by atoms with Gasteiger partial charge < -0.3 is 14.2 Å². The van der Waals surface area contributed by atoms with Gasteiger partial charge in [0, 0.05) is 32.4 Å². The van der Waals surface area contributed by atoms with Gasteiger partial charge in [-0.05, 0) is 36.8 Å². The van der Waals surface area contributed by atoms with Crippen molar-refractivity contribution < 1.29 is 13.6 Å². The Labute approximate surface area is 166 Å². The summed E-state index contributed by atoms with van der Waals surface area (Å²) in [5.74, 6) is 0.285. The van der Waals surface area contributed by atoms with E-state index in [4.69, 9.17) is 16.0 Å². The second-order valence-corrected chi connectivity index (χ2v) is 6.96. The molecule has 0 N–H and O–H groups in total. The summed E-state index contributed by atoms with van der Waals surface area (Å²) in [6.45, 7) is 3.55. The molecule has 0 atom stereocenters. The van der Waals surface area contributed by atoms with Crippen LogP contribution in [0.1, 0.15) is 15.9 Å². The summed E-state index contributed by atoms with van der Waals surface area (Å²) < 4.78 is 19.8. The maximum Gasteiger partial charge on any atom is 0.258 e. The number of furan rings is 1. The van der Waals surface area contributed by atoms with Crippen LogP contribution in [-0.2, 0) is 0 Å². The van der Waals surface area contributed by atoms with Crippen LogP contribution in [-0.4, -0.2) is 47.0 Å². The summed E-state index contributed by atoms with van der Waals surface area (Å²) in [4.78, 5) is 25.3. The van der Waals surface area contributed by atoms with Gasteiger partial charge in [-0.15, -0.1) is 0 Å². The lowest BCUT2D eigenvalue weighted by Gasteiger charge is -2.35. The second kappa shape index (κ2) is 7.59. The van der Waals surface area contributed by atoms with E-state index in [9.17, 15) is 9.18 Å². The van der Waals surface area contributed by atoms with Crippen LogP contribution >= 0.6 is 11.6 Å². The maximum absolute atomic E-state index is 14.4. The van der Waals surface area contributed by atoms with Crippen LogP contribution in [0.4, 0.5) is 10.3 Å². The maximum atomic E-state index is 14.4. The van der Waals surface area contributed by atoms with Crippen molar-refractivity contribution in [2.24, 2.45) is 0 Å². The van der Waals surface area contributed by atoms with E-state index in [0.717, 1.165) is 0 Å². The number of carbonyl (C=O) groups is 1. The van der Waals surface area contributed by atoms with E-state index < -0.39 is 11.7 Å². The average Bonchev–Trinajstić information content (AvgIpc) is 3.26. The predicted molar refractivity (Wildman–Crippen MR) is 104 cm³/mol. The lowest BCUT2D eigenvalue weighted by molar-refractivity contribution is 0.0741. The molecule has 0 aliphatic carbocycles. The third-order valence-electron chi connectivity index (χ3n) is 4.76. The average molecular weight is 401 g/mol. The topological polar surface area (TPSA) is 62.5 Å². The van der Waals surface area contributed by atoms with Crippen molar-refractivity contribution >= 4 is 23.5 Å². The fourth-order valence-corrected chi connectivity index (χ4v) is 3.41. The van der Waals surface area contributed by atoms with E-state index in [1.54, 1.807) is 48.5 Å². The standard InChI is InChI=1S/C20H18ClFN4O2/c1-13-4-5-14(21)17(18(13)22)19(27)25-8-10-26(11-9-25)20-23-7-6-15(24-20)16-3-2-12-28-16/h2-7,12H,8-11H2,1H3. The minimum atomic E-state index is -0.561. The predicted octanol–water partition coefficient (Wildman–Crippen LogP) is 3.80. The Morgan fingerprint density at radius 2 is 1.96 bits per heavy atom. The number of benzene rings is 1. The summed E-state index contributed by atoms with van der Waals surface area (Å²) in [6, 6.07) is 8.54. The van der Waals surface area contributed by atoms with Crippen LogP contribution in [0.2, 0.25) is 5.02 Å². The van der Waals surface area contributed by atoms with Crippen molar-refractivity contribution in [2.45, 2.75) is 6.92 Å². The first-order valence-electron chi connectivity index (χ1n) is 8.90. The number of hydrogen-bond acceptors (Lipinski definition) is 5. The molecule has 1 aliphatic rings. The molecule has 0 unspecified atom stereocenters. The third kappa shape index (κ3) is 3.45. The molecule has 0 radical (unpaired) electrons. The molecule has 4 rings (SSSR count). The van der Waals surface area contributed by atoms with Crippen LogP contribution in [0.5, 0.6) is 0 Å². The number of hydrogen-bond donors (Lipinski definition) is 0. The van der Waals surface area contributed by atoms with Crippen molar-refractivity contribution in [3.05, 3.63) is 64.8 Å². The van der Waals surface area contributed by atoms with Gasteiger partial charge in [0.1, 0.15) is 11.5 Å². The molecule has 2 aromatic heterocycles. The quantitative estimate of drug-likeness (QED) is 0.669. The molecule has 3 heterocycles. The monoisotopic (exact) mass is 400 g/mol. The zero-order valence-electron chi connectivity index (χ0n) is 15.2. The highest BCUT2D eigenvalue weighted by Gasteiger charge is 2.27. The SMILES string of the molecule is Cc1ccc(Cl)c(C(=O)N2CCN(c3nccc(-c4ccco4)n3)CC2)c1F. The normalized spacial score (nSPS) is 14.4. The zero-order valence-corrected chi connectivity index (χ0v) is 16.0. The van der Waals surface area contributed by atoms with Gasteiger partial charge in [-0.2, -0.15) is 0 Å². The van der Waals surface area contributed by atoms with Gasteiger partial charge in [0.15, 0.2) is 5.76 Å². The van der Waals surface area contributed by atoms with Crippen molar-refractivity contribution in [2.75, 3.05) is 31.1 Å². The van der Waals surface area contributed by atoms with Gasteiger partial charge in [-0.1, -0.05) is 17.7 Å². The van der Waals surface area contributed by atoms with E-state index in [1.165, 1.54) is 0 Å². The van der Waals surface area contributed by atoms with Crippen LogP contribution in [0.3, 0.4) is 0 Å². The van der Waals surface area contributed by atoms with Crippen molar-refractivity contribution in [3.63, 3.8) is 0 Å². The molecule has 8 heteroatoms. The number of aryl methyl sites for hydroxylation is 1. The lowest BCUT2D eigenvalue weighted by atomic mass is 10.1. The molecule has 1 fully saturated rings. The molecular weight excluding hydrogens is 383 g/mol. The first-order valence-corrected chi connectivity index (χ1v) is 9.28. The Morgan fingerprint density at radius 1 is 1.18 bits per heavy atom. The fourth-order valence-electron chi connectivity index (χ4n) is 3.18.